The normalized spacial score (nSPS) is 12.4. The number of nitrogens with one attached hydrogen (secondary N) is 1. The molecule has 0 aliphatic rings. The highest BCUT2D eigenvalue weighted by Crippen LogP contribution is 2.36. The Morgan fingerprint density at radius 3 is 2.70 bits per heavy atom. The highest BCUT2D eigenvalue weighted by Gasteiger charge is 2.08. The summed E-state index contributed by atoms with van der Waals surface area (Å²) in [4.78, 5) is 28.1. The number of aromatic nitrogens is 2. The summed E-state index contributed by atoms with van der Waals surface area (Å²) in [6.07, 6.45) is 2.21. The molecule has 3 rings (SSSR count). The molecule has 2 aromatic heterocycles. The van der Waals surface area contributed by atoms with Crippen molar-refractivity contribution >= 4 is 19.4 Å². The van der Waals surface area contributed by atoms with E-state index in [1.54, 1.807) is 12.3 Å². The first-order chi connectivity index (χ1) is 11.2. The largest absolute Gasteiger partial charge is 0.350 e. The third-order valence-electron chi connectivity index (χ3n) is 3.49. The van der Waals surface area contributed by atoms with Gasteiger partial charge in [-0.1, -0.05) is 24.3 Å². The number of aromatic amines is 1. The van der Waals surface area contributed by atoms with E-state index in [1.807, 2.05) is 37.3 Å². The SMILES string of the molecule is CCOP(O)Cc1ccc(-c2ccnc3[nH]c(=O)ccc23)cc1. The first-order valence-electron chi connectivity index (χ1n) is 7.34. The Balaban J connectivity index is 1.92. The second-order valence-corrected chi connectivity index (χ2v) is 6.35. The fraction of sp³-hybridized carbons (Fsp3) is 0.176. The van der Waals surface area contributed by atoms with Crippen molar-refractivity contribution in [3.05, 3.63) is 64.6 Å². The number of fused-ring (bicyclic) bond motifs is 1. The molecular weight excluding hydrogens is 311 g/mol. The minimum absolute atomic E-state index is 0.162. The number of rotatable bonds is 5. The summed E-state index contributed by atoms with van der Waals surface area (Å²) in [5.74, 6) is 0. The summed E-state index contributed by atoms with van der Waals surface area (Å²) in [5.41, 5.74) is 3.49. The zero-order chi connectivity index (χ0) is 16.2. The highest BCUT2D eigenvalue weighted by atomic mass is 31.2. The zero-order valence-electron chi connectivity index (χ0n) is 12.7. The van der Waals surface area contributed by atoms with E-state index >= 15 is 0 Å². The fourth-order valence-electron chi connectivity index (χ4n) is 2.45. The Morgan fingerprint density at radius 1 is 1.17 bits per heavy atom. The van der Waals surface area contributed by atoms with Crippen molar-refractivity contribution in [2.24, 2.45) is 0 Å². The van der Waals surface area contributed by atoms with Gasteiger partial charge in [0.2, 0.25) is 5.56 Å². The topological polar surface area (TPSA) is 75.2 Å². The van der Waals surface area contributed by atoms with Crippen LogP contribution in [0.15, 0.2) is 53.5 Å². The lowest BCUT2D eigenvalue weighted by atomic mass is 10.0. The Kier molecular flexibility index (Phi) is 4.82. The van der Waals surface area contributed by atoms with E-state index in [0.29, 0.717) is 18.4 Å². The molecule has 3 aromatic rings. The van der Waals surface area contributed by atoms with Crippen LogP contribution in [0.5, 0.6) is 0 Å². The minimum atomic E-state index is -1.40. The number of hydrogen-bond donors (Lipinski definition) is 2. The standard InChI is InChI=1S/C17H17N2O3P/c1-2-22-23(21)11-12-3-5-13(6-4-12)14-9-10-18-17-15(14)7-8-16(20)19-17/h3-10,21H,2,11H2,1H3,(H,18,19,20). The first kappa shape index (κ1) is 15.8. The molecule has 6 heteroatoms. The second kappa shape index (κ2) is 7.01. The van der Waals surface area contributed by atoms with Gasteiger partial charge in [0.05, 0.1) is 6.61 Å². The van der Waals surface area contributed by atoms with E-state index < -0.39 is 8.38 Å². The molecule has 0 radical (unpaired) electrons. The van der Waals surface area contributed by atoms with Gasteiger partial charge in [0.1, 0.15) is 5.65 Å². The van der Waals surface area contributed by atoms with Crippen molar-refractivity contribution in [1.29, 1.82) is 0 Å². The first-order valence-corrected chi connectivity index (χ1v) is 8.74. The molecule has 2 heterocycles. The molecule has 0 saturated carbocycles. The quantitative estimate of drug-likeness (QED) is 0.704. The highest BCUT2D eigenvalue weighted by molar-refractivity contribution is 7.45. The summed E-state index contributed by atoms with van der Waals surface area (Å²) in [6, 6.07) is 13.2. The zero-order valence-corrected chi connectivity index (χ0v) is 13.6. The van der Waals surface area contributed by atoms with Crippen LogP contribution in [0.1, 0.15) is 12.5 Å². The molecule has 1 atom stereocenters. The van der Waals surface area contributed by atoms with Crippen LogP contribution >= 0.6 is 8.38 Å². The third kappa shape index (κ3) is 3.64. The number of hydrogen-bond acceptors (Lipinski definition) is 4. The van der Waals surface area contributed by atoms with Crippen LogP contribution in [0.3, 0.4) is 0 Å². The molecule has 0 fully saturated rings. The Morgan fingerprint density at radius 2 is 1.96 bits per heavy atom. The maximum Gasteiger partial charge on any atom is 0.249 e. The summed E-state index contributed by atoms with van der Waals surface area (Å²) in [5, 5.41) is 0.901. The molecule has 0 spiro atoms. The molecular formula is C17H17N2O3P. The van der Waals surface area contributed by atoms with Crippen LogP contribution in [0.25, 0.3) is 22.2 Å². The minimum Gasteiger partial charge on any atom is -0.350 e. The van der Waals surface area contributed by atoms with Gasteiger partial charge < -0.3 is 14.4 Å². The van der Waals surface area contributed by atoms with Crippen LogP contribution in [-0.4, -0.2) is 21.5 Å². The molecule has 2 N–H and O–H groups in total. The molecule has 118 valence electrons. The Labute approximate surface area is 134 Å². The summed E-state index contributed by atoms with van der Waals surface area (Å²) in [7, 11) is -1.40. The van der Waals surface area contributed by atoms with Crippen LogP contribution in [-0.2, 0) is 10.7 Å². The second-order valence-electron chi connectivity index (χ2n) is 5.07. The number of H-pyrrole nitrogens is 1. The van der Waals surface area contributed by atoms with Gasteiger partial charge in [-0.3, -0.25) is 4.79 Å². The van der Waals surface area contributed by atoms with Crippen molar-refractivity contribution in [2.75, 3.05) is 6.61 Å². The van der Waals surface area contributed by atoms with Gasteiger partial charge in [-0.05, 0) is 35.7 Å². The lowest BCUT2D eigenvalue weighted by Crippen LogP contribution is -2.03. The Hall–Kier alpha value is -2.07. The van der Waals surface area contributed by atoms with Crippen LogP contribution in [0.2, 0.25) is 0 Å². The van der Waals surface area contributed by atoms with E-state index in [0.717, 1.165) is 22.1 Å². The van der Waals surface area contributed by atoms with E-state index in [-0.39, 0.29) is 5.56 Å². The third-order valence-corrected chi connectivity index (χ3v) is 4.69. The van der Waals surface area contributed by atoms with Crippen LogP contribution in [0, 0.1) is 0 Å². The maximum absolute atomic E-state index is 11.4. The molecule has 23 heavy (non-hydrogen) atoms. The fourth-order valence-corrected chi connectivity index (χ4v) is 3.36. The van der Waals surface area contributed by atoms with Gasteiger partial charge in [0.25, 0.3) is 0 Å². The number of benzene rings is 1. The van der Waals surface area contributed by atoms with Gasteiger partial charge in [0, 0.05) is 23.8 Å². The predicted octanol–water partition coefficient (Wildman–Crippen LogP) is 3.43. The molecule has 5 nitrogen and oxygen atoms in total. The lowest BCUT2D eigenvalue weighted by molar-refractivity contribution is 0.328. The van der Waals surface area contributed by atoms with E-state index in [2.05, 4.69) is 9.97 Å². The average molecular weight is 328 g/mol. The molecule has 1 aromatic carbocycles. The van der Waals surface area contributed by atoms with Gasteiger partial charge in [0.15, 0.2) is 8.38 Å². The molecule has 0 bridgehead atoms. The number of nitrogens with zero attached hydrogens (tertiary/aromatic N) is 1. The van der Waals surface area contributed by atoms with E-state index in [4.69, 9.17) is 4.52 Å². The maximum atomic E-state index is 11.4. The predicted molar refractivity (Wildman–Crippen MR) is 92.3 cm³/mol. The van der Waals surface area contributed by atoms with Gasteiger partial charge in [-0.15, -0.1) is 0 Å². The molecule has 1 unspecified atom stereocenters. The van der Waals surface area contributed by atoms with Crippen molar-refractivity contribution in [3.8, 4) is 11.1 Å². The Bertz CT molecular complexity index is 862. The van der Waals surface area contributed by atoms with Crippen molar-refractivity contribution in [3.63, 3.8) is 0 Å². The number of pyridine rings is 2. The molecule has 0 aliphatic heterocycles. The monoisotopic (exact) mass is 328 g/mol. The van der Waals surface area contributed by atoms with Crippen LogP contribution in [0.4, 0.5) is 0 Å². The summed E-state index contributed by atoms with van der Waals surface area (Å²) in [6.45, 7) is 2.38. The summed E-state index contributed by atoms with van der Waals surface area (Å²) >= 11 is 0. The van der Waals surface area contributed by atoms with Crippen molar-refractivity contribution in [1.82, 2.24) is 9.97 Å². The van der Waals surface area contributed by atoms with Crippen LogP contribution < -0.4 is 5.56 Å². The molecule has 0 saturated heterocycles. The average Bonchev–Trinajstić information content (AvgIpc) is 2.55. The smallest absolute Gasteiger partial charge is 0.249 e. The van der Waals surface area contributed by atoms with Gasteiger partial charge in [-0.2, -0.15) is 0 Å². The van der Waals surface area contributed by atoms with Gasteiger partial charge in [-0.25, -0.2) is 4.98 Å². The van der Waals surface area contributed by atoms with Crippen molar-refractivity contribution in [2.45, 2.75) is 13.1 Å². The van der Waals surface area contributed by atoms with Crippen molar-refractivity contribution < 1.29 is 9.42 Å². The van der Waals surface area contributed by atoms with E-state index in [9.17, 15) is 9.69 Å². The molecule has 0 aliphatic carbocycles. The lowest BCUT2D eigenvalue weighted by Gasteiger charge is -2.10. The summed E-state index contributed by atoms with van der Waals surface area (Å²) < 4.78 is 5.21. The van der Waals surface area contributed by atoms with Gasteiger partial charge >= 0.3 is 0 Å². The van der Waals surface area contributed by atoms with E-state index in [1.165, 1.54) is 6.07 Å². The molecule has 0 amide bonds.